The van der Waals surface area contributed by atoms with Crippen LogP contribution >= 0.6 is 0 Å². The summed E-state index contributed by atoms with van der Waals surface area (Å²) in [5.74, 6) is -0.842. The highest BCUT2D eigenvalue weighted by molar-refractivity contribution is 5.81. The van der Waals surface area contributed by atoms with Crippen LogP contribution in [0.25, 0.3) is 0 Å². The summed E-state index contributed by atoms with van der Waals surface area (Å²) in [7, 11) is 1.28. The van der Waals surface area contributed by atoms with Gasteiger partial charge in [-0.05, 0) is 13.0 Å². The summed E-state index contributed by atoms with van der Waals surface area (Å²) in [6, 6.07) is 0. The molecule has 0 aromatic heterocycles. The van der Waals surface area contributed by atoms with Crippen molar-refractivity contribution in [2.45, 2.75) is 20.0 Å². The highest BCUT2D eigenvalue weighted by Crippen LogP contribution is 1.93. The highest BCUT2D eigenvalue weighted by Gasteiger charge is 2.00. The molecule has 4 nitrogen and oxygen atoms in total. The molecule has 0 aliphatic carbocycles. The number of carbonyl (C=O) groups excluding carboxylic acids is 2. The van der Waals surface area contributed by atoms with Gasteiger partial charge in [0.05, 0.1) is 7.11 Å². The minimum Gasteiger partial charge on any atom is -0.466 e. The molecular weight excluding hydrogens is 160 g/mol. The Morgan fingerprint density at radius 3 is 2.42 bits per heavy atom. The van der Waals surface area contributed by atoms with E-state index < -0.39 is 12.1 Å². The number of hydrogen-bond donors (Lipinski definition) is 0. The minimum absolute atomic E-state index is 0.378. The lowest BCUT2D eigenvalue weighted by atomic mass is 10.3. The number of carbonyl (C=O) groups is 2. The highest BCUT2D eigenvalue weighted by atomic mass is 16.5. The fourth-order valence-corrected chi connectivity index (χ4v) is 0.583. The van der Waals surface area contributed by atoms with Crippen molar-refractivity contribution in [1.82, 2.24) is 0 Å². The fourth-order valence-electron chi connectivity index (χ4n) is 0.583. The molecule has 0 fully saturated rings. The van der Waals surface area contributed by atoms with E-state index in [0.29, 0.717) is 0 Å². The van der Waals surface area contributed by atoms with E-state index in [1.807, 2.05) is 0 Å². The first-order valence-corrected chi connectivity index (χ1v) is 3.49. The van der Waals surface area contributed by atoms with E-state index in [4.69, 9.17) is 4.74 Å². The molecule has 0 rings (SSSR count). The number of ether oxygens (including phenoxy) is 2. The summed E-state index contributed by atoms with van der Waals surface area (Å²) in [4.78, 5) is 20.9. The number of rotatable bonds is 3. The second kappa shape index (κ2) is 5.35. The Labute approximate surface area is 71.2 Å². The summed E-state index contributed by atoms with van der Waals surface area (Å²) >= 11 is 0. The molecular formula is C8H12O4. The third kappa shape index (κ3) is 5.46. The Morgan fingerprint density at radius 1 is 1.42 bits per heavy atom. The van der Waals surface area contributed by atoms with Gasteiger partial charge in [-0.25, -0.2) is 4.79 Å². The van der Waals surface area contributed by atoms with Gasteiger partial charge >= 0.3 is 11.9 Å². The molecule has 0 saturated heterocycles. The summed E-state index contributed by atoms with van der Waals surface area (Å²) in [6.45, 7) is 2.96. The normalized spacial score (nSPS) is 12.6. The van der Waals surface area contributed by atoms with Gasteiger partial charge in [0.25, 0.3) is 0 Å². The second-order valence-electron chi connectivity index (χ2n) is 2.20. The van der Waals surface area contributed by atoms with Crippen LogP contribution < -0.4 is 0 Å². The molecule has 0 amide bonds. The molecule has 4 heteroatoms. The molecule has 0 aliphatic heterocycles. The van der Waals surface area contributed by atoms with Crippen LogP contribution in [-0.2, 0) is 19.1 Å². The zero-order valence-electron chi connectivity index (χ0n) is 7.37. The maximum atomic E-state index is 10.6. The second-order valence-corrected chi connectivity index (χ2v) is 2.20. The quantitative estimate of drug-likeness (QED) is 0.463. The average Bonchev–Trinajstić information content (AvgIpc) is 1.99. The molecule has 0 radical (unpaired) electrons. The van der Waals surface area contributed by atoms with Crippen molar-refractivity contribution < 1.29 is 19.1 Å². The van der Waals surface area contributed by atoms with Crippen LogP contribution in [0.4, 0.5) is 0 Å². The number of esters is 2. The fraction of sp³-hybridized carbons (Fsp3) is 0.500. The zero-order chi connectivity index (χ0) is 9.56. The molecule has 0 aliphatic rings. The van der Waals surface area contributed by atoms with Gasteiger partial charge in [0.1, 0.15) is 6.10 Å². The van der Waals surface area contributed by atoms with Gasteiger partial charge in [-0.15, -0.1) is 0 Å². The Hall–Kier alpha value is -1.32. The molecule has 0 aromatic rings. The van der Waals surface area contributed by atoms with Crippen molar-refractivity contribution in [2.75, 3.05) is 7.11 Å². The third-order valence-electron chi connectivity index (χ3n) is 1.06. The van der Waals surface area contributed by atoms with Gasteiger partial charge in [-0.3, -0.25) is 4.79 Å². The van der Waals surface area contributed by atoms with Crippen molar-refractivity contribution in [3.63, 3.8) is 0 Å². The van der Waals surface area contributed by atoms with E-state index in [9.17, 15) is 9.59 Å². The van der Waals surface area contributed by atoms with Gasteiger partial charge in [0.2, 0.25) is 0 Å². The maximum Gasteiger partial charge on any atom is 0.330 e. The van der Waals surface area contributed by atoms with Crippen molar-refractivity contribution in [3.8, 4) is 0 Å². The molecule has 0 aromatic carbocycles. The lowest BCUT2D eigenvalue weighted by molar-refractivity contribution is -0.143. The van der Waals surface area contributed by atoms with Crippen molar-refractivity contribution in [2.24, 2.45) is 0 Å². The van der Waals surface area contributed by atoms with E-state index in [-0.39, 0.29) is 5.97 Å². The summed E-state index contributed by atoms with van der Waals surface area (Å²) in [5.41, 5.74) is 0. The predicted molar refractivity (Wildman–Crippen MR) is 42.4 cm³/mol. The SMILES string of the molecule is COC(=O)/C=C/C(C)OC(C)=O. The average molecular weight is 172 g/mol. The lowest BCUT2D eigenvalue weighted by Gasteiger charge is -2.04. The predicted octanol–water partition coefficient (Wildman–Crippen LogP) is 0.667. The Bertz CT molecular complexity index is 195. The van der Waals surface area contributed by atoms with Crippen LogP contribution in [0, 0.1) is 0 Å². The van der Waals surface area contributed by atoms with Crippen LogP contribution in [0.5, 0.6) is 0 Å². The van der Waals surface area contributed by atoms with E-state index in [1.165, 1.54) is 26.2 Å². The third-order valence-corrected chi connectivity index (χ3v) is 1.06. The summed E-state index contributed by atoms with van der Waals surface area (Å²) in [5, 5.41) is 0. The Balaban J connectivity index is 3.82. The van der Waals surface area contributed by atoms with Gasteiger partial charge in [-0.1, -0.05) is 0 Å². The van der Waals surface area contributed by atoms with E-state index in [2.05, 4.69) is 4.74 Å². The van der Waals surface area contributed by atoms with Crippen LogP contribution in [-0.4, -0.2) is 25.2 Å². The molecule has 0 bridgehead atoms. The van der Waals surface area contributed by atoms with Crippen molar-refractivity contribution >= 4 is 11.9 Å². The first kappa shape index (κ1) is 10.7. The van der Waals surface area contributed by atoms with E-state index in [1.54, 1.807) is 6.92 Å². The lowest BCUT2D eigenvalue weighted by Crippen LogP contribution is -2.09. The smallest absolute Gasteiger partial charge is 0.330 e. The van der Waals surface area contributed by atoms with Gasteiger partial charge in [0, 0.05) is 13.0 Å². The van der Waals surface area contributed by atoms with Crippen LogP contribution in [0.15, 0.2) is 12.2 Å². The van der Waals surface area contributed by atoms with Crippen LogP contribution in [0.3, 0.4) is 0 Å². The molecule has 12 heavy (non-hydrogen) atoms. The van der Waals surface area contributed by atoms with Gasteiger partial charge < -0.3 is 9.47 Å². The number of hydrogen-bond acceptors (Lipinski definition) is 4. The largest absolute Gasteiger partial charge is 0.466 e. The molecule has 0 N–H and O–H groups in total. The summed E-state index contributed by atoms with van der Waals surface area (Å²) in [6.07, 6.45) is 2.27. The molecule has 1 unspecified atom stereocenters. The monoisotopic (exact) mass is 172 g/mol. The molecule has 0 saturated carbocycles. The number of methoxy groups -OCH3 is 1. The minimum atomic E-state index is -0.464. The Morgan fingerprint density at radius 2 is 2.00 bits per heavy atom. The van der Waals surface area contributed by atoms with Crippen LogP contribution in [0.2, 0.25) is 0 Å². The standard InChI is InChI=1S/C8H12O4/c1-6(12-7(2)9)4-5-8(10)11-3/h4-6H,1-3H3/b5-4+. The topological polar surface area (TPSA) is 52.6 Å². The molecule has 1 atom stereocenters. The summed E-state index contributed by atoms with van der Waals surface area (Å²) < 4.78 is 9.05. The molecule has 0 spiro atoms. The molecule has 0 heterocycles. The first-order valence-electron chi connectivity index (χ1n) is 3.49. The van der Waals surface area contributed by atoms with Crippen molar-refractivity contribution in [3.05, 3.63) is 12.2 Å². The van der Waals surface area contributed by atoms with Gasteiger partial charge in [-0.2, -0.15) is 0 Å². The molecule has 68 valence electrons. The van der Waals surface area contributed by atoms with Crippen LogP contribution in [0.1, 0.15) is 13.8 Å². The van der Waals surface area contributed by atoms with E-state index >= 15 is 0 Å². The van der Waals surface area contributed by atoms with Crippen molar-refractivity contribution in [1.29, 1.82) is 0 Å². The van der Waals surface area contributed by atoms with Gasteiger partial charge in [0.15, 0.2) is 0 Å². The maximum absolute atomic E-state index is 10.6. The Kier molecular flexibility index (Phi) is 4.76. The first-order chi connectivity index (χ1) is 5.56. The zero-order valence-corrected chi connectivity index (χ0v) is 7.37. The van der Waals surface area contributed by atoms with E-state index in [0.717, 1.165) is 0 Å².